The van der Waals surface area contributed by atoms with E-state index in [2.05, 4.69) is 5.32 Å². The molecule has 0 saturated carbocycles. The van der Waals surface area contributed by atoms with Crippen molar-refractivity contribution in [1.29, 1.82) is 0 Å². The van der Waals surface area contributed by atoms with E-state index < -0.39 is 5.54 Å². The van der Waals surface area contributed by atoms with Crippen LogP contribution >= 0.6 is 11.6 Å². The minimum absolute atomic E-state index is 0.180. The van der Waals surface area contributed by atoms with Crippen LogP contribution in [0.3, 0.4) is 0 Å². The number of benzene rings is 1. The lowest BCUT2D eigenvalue weighted by molar-refractivity contribution is -0.148. The summed E-state index contributed by atoms with van der Waals surface area (Å²) in [6.07, 6.45) is 2.84. The molecule has 21 heavy (non-hydrogen) atoms. The van der Waals surface area contributed by atoms with E-state index >= 15 is 0 Å². The molecule has 0 aliphatic carbocycles. The molecule has 0 spiro atoms. The highest BCUT2D eigenvalue weighted by molar-refractivity contribution is 6.30. The molecule has 1 aromatic carbocycles. The fourth-order valence-electron chi connectivity index (χ4n) is 2.59. The van der Waals surface area contributed by atoms with Crippen LogP contribution in [0.25, 0.3) is 0 Å². The Bertz CT molecular complexity index is 471. The van der Waals surface area contributed by atoms with Gasteiger partial charge in [0, 0.05) is 24.6 Å². The van der Waals surface area contributed by atoms with Gasteiger partial charge in [0.05, 0.1) is 13.2 Å². The molecule has 1 N–H and O–H groups in total. The van der Waals surface area contributed by atoms with Crippen LogP contribution in [0, 0.1) is 0 Å². The van der Waals surface area contributed by atoms with E-state index in [9.17, 15) is 4.79 Å². The molecule has 1 fully saturated rings. The lowest BCUT2D eigenvalue weighted by Crippen LogP contribution is -2.54. The average molecular weight is 312 g/mol. The maximum absolute atomic E-state index is 12.2. The number of hydrogen-bond acceptors (Lipinski definition) is 4. The number of carbonyl (C=O) groups is 1. The third-order valence-electron chi connectivity index (χ3n) is 3.85. The van der Waals surface area contributed by atoms with Crippen molar-refractivity contribution >= 4 is 17.6 Å². The molecule has 1 aliphatic heterocycles. The van der Waals surface area contributed by atoms with Crippen molar-refractivity contribution in [1.82, 2.24) is 5.32 Å². The number of halogens is 1. The molecule has 1 aliphatic rings. The Hall–Kier alpha value is -1.10. The van der Waals surface area contributed by atoms with Gasteiger partial charge < -0.3 is 9.47 Å². The number of carbonyl (C=O) groups excluding carboxylic acids is 1. The Morgan fingerprint density at radius 3 is 2.76 bits per heavy atom. The Balaban J connectivity index is 2.04. The van der Waals surface area contributed by atoms with E-state index in [1.807, 2.05) is 31.2 Å². The Labute approximate surface area is 130 Å². The zero-order chi connectivity index (χ0) is 15.3. The van der Waals surface area contributed by atoms with Crippen LogP contribution in [0.1, 0.15) is 25.3 Å². The van der Waals surface area contributed by atoms with Gasteiger partial charge >= 0.3 is 5.97 Å². The van der Waals surface area contributed by atoms with Gasteiger partial charge in [-0.3, -0.25) is 10.1 Å². The first-order chi connectivity index (χ1) is 10.0. The summed E-state index contributed by atoms with van der Waals surface area (Å²) in [5, 5.41) is 4.01. The van der Waals surface area contributed by atoms with E-state index in [1.54, 1.807) is 0 Å². The van der Waals surface area contributed by atoms with Gasteiger partial charge in [0.2, 0.25) is 0 Å². The van der Waals surface area contributed by atoms with Gasteiger partial charge in [-0.15, -0.1) is 0 Å². The zero-order valence-corrected chi connectivity index (χ0v) is 13.3. The maximum atomic E-state index is 12.2. The maximum Gasteiger partial charge on any atom is 0.326 e. The SMILES string of the molecule is COC(=O)C(C)(Cc1ccc(Cl)cc1)NCC1CCCO1. The molecular formula is C16H22ClNO3. The Morgan fingerprint density at radius 2 is 2.19 bits per heavy atom. The number of esters is 1. The fraction of sp³-hybridized carbons (Fsp3) is 0.562. The molecule has 2 unspecified atom stereocenters. The summed E-state index contributed by atoms with van der Waals surface area (Å²) in [6, 6.07) is 7.51. The predicted octanol–water partition coefficient (Wildman–Crippen LogP) is 2.58. The summed E-state index contributed by atoms with van der Waals surface area (Å²) < 4.78 is 10.6. The first kappa shape index (κ1) is 16.3. The number of rotatable bonds is 6. The molecular weight excluding hydrogens is 290 g/mol. The highest BCUT2D eigenvalue weighted by atomic mass is 35.5. The third-order valence-corrected chi connectivity index (χ3v) is 4.10. The number of nitrogens with one attached hydrogen (secondary N) is 1. The summed E-state index contributed by atoms with van der Waals surface area (Å²) in [7, 11) is 1.41. The van der Waals surface area contributed by atoms with Crippen molar-refractivity contribution in [2.75, 3.05) is 20.3 Å². The van der Waals surface area contributed by atoms with Gasteiger partial charge in [-0.1, -0.05) is 23.7 Å². The summed E-state index contributed by atoms with van der Waals surface area (Å²) in [5.74, 6) is -0.268. The molecule has 5 heteroatoms. The minimum Gasteiger partial charge on any atom is -0.468 e. The van der Waals surface area contributed by atoms with Gasteiger partial charge in [0.1, 0.15) is 5.54 Å². The van der Waals surface area contributed by atoms with Crippen molar-refractivity contribution in [3.63, 3.8) is 0 Å². The predicted molar refractivity (Wildman–Crippen MR) is 82.6 cm³/mol. The number of hydrogen-bond donors (Lipinski definition) is 1. The second-order valence-electron chi connectivity index (χ2n) is 5.64. The fourth-order valence-corrected chi connectivity index (χ4v) is 2.71. The number of ether oxygens (including phenoxy) is 2. The average Bonchev–Trinajstić information content (AvgIpc) is 3.00. The minimum atomic E-state index is -0.769. The van der Waals surface area contributed by atoms with Gasteiger partial charge in [0.25, 0.3) is 0 Å². The van der Waals surface area contributed by atoms with Crippen LogP contribution in [0.5, 0.6) is 0 Å². The quantitative estimate of drug-likeness (QED) is 0.820. The van der Waals surface area contributed by atoms with E-state index in [1.165, 1.54) is 7.11 Å². The normalized spacial score (nSPS) is 21.0. The summed E-state index contributed by atoms with van der Waals surface area (Å²) in [6.45, 7) is 3.32. The summed E-state index contributed by atoms with van der Waals surface area (Å²) in [5.41, 5.74) is 0.265. The molecule has 2 rings (SSSR count). The molecule has 116 valence electrons. The monoisotopic (exact) mass is 311 g/mol. The third kappa shape index (κ3) is 4.43. The second kappa shape index (κ2) is 7.25. The Morgan fingerprint density at radius 1 is 1.48 bits per heavy atom. The van der Waals surface area contributed by atoms with Crippen molar-refractivity contribution in [3.8, 4) is 0 Å². The van der Waals surface area contributed by atoms with E-state index in [4.69, 9.17) is 21.1 Å². The lowest BCUT2D eigenvalue weighted by atomic mass is 9.92. The highest BCUT2D eigenvalue weighted by Crippen LogP contribution is 2.19. The van der Waals surface area contributed by atoms with Crippen LogP contribution < -0.4 is 5.32 Å². The first-order valence-electron chi connectivity index (χ1n) is 7.23. The molecule has 1 heterocycles. The van der Waals surface area contributed by atoms with Gasteiger partial charge in [0.15, 0.2) is 0 Å². The van der Waals surface area contributed by atoms with E-state index in [-0.39, 0.29) is 12.1 Å². The van der Waals surface area contributed by atoms with Crippen molar-refractivity contribution in [2.24, 2.45) is 0 Å². The smallest absolute Gasteiger partial charge is 0.326 e. The first-order valence-corrected chi connectivity index (χ1v) is 7.61. The van der Waals surface area contributed by atoms with Crippen LogP contribution in [-0.4, -0.2) is 37.9 Å². The summed E-state index contributed by atoms with van der Waals surface area (Å²) >= 11 is 5.90. The molecule has 1 saturated heterocycles. The van der Waals surface area contributed by atoms with Crippen molar-refractivity contribution in [2.45, 2.75) is 37.8 Å². The molecule has 0 radical (unpaired) electrons. The molecule has 1 aromatic rings. The zero-order valence-electron chi connectivity index (χ0n) is 12.5. The topological polar surface area (TPSA) is 47.6 Å². The van der Waals surface area contributed by atoms with Crippen LogP contribution in [-0.2, 0) is 20.7 Å². The van der Waals surface area contributed by atoms with Gasteiger partial charge in [-0.2, -0.15) is 0 Å². The van der Waals surface area contributed by atoms with Gasteiger partial charge in [-0.25, -0.2) is 0 Å². The van der Waals surface area contributed by atoms with E-state index in [0.29, 0.717) is 18.0 Å². The van der Waals surface area contributed by atoms with Crippen molar-refractivity contribution < 1.29 is 14.3 Å². The van der Waals surface area contributed by atoms with Crippen LogP contribution in [0.4, 0.5) is 0 Å². The van der Waals surface area contributed by atoms with Gasteiger partial charge in [-0.05, 0) is 37.5 Å². The molecule has 0 bridgehead atoms. The largest absolute Gasteiger partial charge is 0.468 e. The van der Waals surface area contributed by atoms with Crippen molar-refractivity contribution in [3.05, 3.63) is 34.9 Å². The highest BCUT2D eigenvalue weighted by Gasteiger charge is 2.35. The molecule has 0 aromatic heterocycles. The second-order valence-corrected chi connectivity index (χ2v) is 6.08. The Kier molecular flexibility index (Phi) is 5.62. The molecule has 0 amide bonds. The van der Waals surface area contributed by atoms with E-state index in [0.717, 1.165) is 25.0 Å². The lowest BCUT2D eigenvalue weighted by Gasteiger charge is -2.29. The molecule has 4 nitrogen and oxygen atoms in total. The standard InChI is InChI=1S/C16H22ClNO3/c1-16(15(19)20-2,18-11-14-4-3-9-21-14)10-12-5-7-13(17)8-6-12/h5-8,14,18H,3-4,9-11H2,1-2H3. The molecule has 2 atom stereocenters. The number of methoxy groups -OCH3 is 1. The van der Waals surface area contributed by atoms with Crippen LogP contribution in [0.15, 0.2) is 24.3 Å². The summed E-state index contributed by atoms with van der Waals surface area (Å²) in [4.78, 5) is 12.2. The van der Waals surface area contributed by atoms with Crippen LogP contribution in [0.2, 0.25) is 5.02 Å².